The molecule has 2 rings (SSSR count). The molecule has 6 heteroatoms. The van der Waals surface area contributed by atoms with Crippen LogP contribution in [0, 0.1) is 5.41 Å². The summed E-state index contributed by atoms with van der Waals surface area (Å²) >= 11 is 0. The second kappa shape index (κ2) is 8.55. The Balaban J connectivity index is 2.35. The van der Waals surface area contributed by atoms with Gasteiger partial charge in [0.05, 0.1) is 0 Å². The molecule has 0 radical (unpaired) electrons. The van der Waals surface area contributed by atoms with Crippen molar-refractivity contribution in [3.63, 3.8) is 0 Å². The van der Waals surface area contributed by atoms with Gasteiger partial charge in [-0.15, -0.1) is 0 Å². The Kier molecular flexibility index (Phi) is 6.63. The molecule has 27 heavy (non-hydrogen) atoms. The monoisotopic (exact) mass is 373 g/mol. The van der Waals surface area contributed by atoms with Gasteiger partial charge in [0.25, 0.3) is 0 Å². The van der Waals surface area contributed by atoms with E-state index in [1.807, 2.05) is 30.3 Å². The molecule has 148 valence electrons. The third-order valence-electron chi connectivity index (χ3n) is 5.15. The summed E-state index contributed by atoms with van der Waals surface area (Å²) in [6.45, 7) is 7.64. The zero-order valence-corrected chi connectivity index (χ0v) is 16.9. The van der Waals surface area contributed by atoms with Crippen molar-refractivity contribution in [2.75, 3.05) is 7.05 Å². The number of nitrogens with one attached hydrogen (secondary N) is 2. The Bertz CT molecular complexity index is 682. The molecule has 1 fully saturated rings. The Morgan fingerprint density at radius 2 is 1.78 bits per heavy atom. The van der Waals surface area contributed by atoms with Gasteiger partial charge in [-0.1, -0.05) is 51.1 Å². The average Bonchev–Trinajstić information content (AvgIpc) is 3.05. The lowest BCUT2D eigenvalue weighted by Crippen LogP contribution is -2.58. The van der Waals surface area contributed by atoms with Crippen LogP contribution in [0.25, 0.3) is 0 Å². The number of amides is 3. The van der Waals surface area contributed by atoms with Gasteiger partial charge in [0.15, 0.2) is 0 Å². The molecule has 1 aliphatic heterocycles. The number of likely N-dealkylation sites (N-methyl/N-ethyl adjacent to an activating group) is 1. The molecular formula is C21H31N3O3. The maximum absolute atomic E-state index is 13.5. The topological polar surface area (TPSA) is 78.5 Å². The second-order valence-corrected chi connectivity index (χ2v) is 8.28. The first-order chi connectivity index (χ1) is 12.6. The number of nitrogens with zero attached hydrogens (tertiary/aromatic N) is 1. The van der Waals surface area contributed by atoms with Crippen LogP contribution in [0.1, 0.15) is 46.1 Å². The Morgan fingerprint density at radius 1 is 1.15 bits per heavy atom. The van der Waals surface area contributed by atoms with E-state index in [-0.39, 0.29) is 29.2 Å². The van der Waals surface area contributed by atoms with Crippen molar-refractivity contribution < 1.29 is 14.4 Å². The van der Waals surface area contributed by atoms with Gasteiger partial charge in [0.2, 0.25) is 17.7 Å². The van der Waals surface area contributed by atoms with E-state index in [0.717, 1.165) is 12.0 Å². The highest BCUT2D eigenvalue weighted by atomic mass is 16.2. The standard InChI is InChI=1S/C21H31N3O3/c1-14(25)23-16(13-15-9-7-6-8-10-15)20(27)24-17(19(26)22-5)11-12-18(24)21(2,3)4/h6-10,16-18H,11-13H2,1-5H3,(H,22,26)(H,23,25)/t16-,17+,18-/m1/s1. The van der Waals surface area contributed by atoms with Crippen LogP contribution < -0.4 is 10.6 Å². The predicted octanol–water partition coefficient (Wildman–Crippen LogP) is 1.89. The molecule has 1 aliphatic rings. The van der Waals surface area contributed by atoms with Crippen LogP contribution in [-0.4, -0.2) is 47.8 Å². The lowest BCUT2D eigenvalue weighted by Gasteiger charge is -2.39. The summed E-state index contributed by atoms with van der Waals surface area (Å²) in [5.41, 5.74) is 0.805. The van der Waals surface area contributed by atoms with E-state index < -0.39 is 12.1 Å². The van der Waals surface area contributed by atoms with Crippen LogP contribution >= 0.6 is 0 Å². The fourth-order valence-corrected chi connectivity index (χ4v) is 3.87. The van der Waals surface area contributed by atoms with Crippen molar-refractivity contribution in [1.82, 2.24) is 15.5 Å². The van der Waals surface area contributed by atoms with Crippen LogP contribution in [0.3, 0.4) is 0 Å². The SMILES string of the molecule is CNC(=O)[C@@H]1CC[C@H](C(C)(C)C)N1C(=O)[C@@H](Cc1ccccc1)NC(C)=O. The Morgan fingerprint density at radius 3 is 2.30 bits per heavy atom. The van der Waals surface area contributed by atoms with E-state index >= 15 is 0 Å². The van der Waals surface area contributed by atoms with Gasteiger partial charge in [-0.3, -0.25) is 14.4 Å². The quantitative estimate of drug-likeness (QED) is 0.827. The number of rotatable bonds is 5. The van der Waals surface area contributed by atoms with Crippen LogP contribution in [0.4, 0.5) is 0 Å². The molecule has 0 spiro atoms. The summed E-state index contributed by atoms with van der Waals surface area (Å²) in [7, 11) is 1.59. The van der Waals surface area contributed by atoms with E-state index in [4.69, 9.17) is 0 Å². The van der Waals surface area contributed by atoms with Gasteiger partial charge >= 0.3 is 0 Å². The summed E-state index contributed by atoms with van der Waals surface area (Å²) in [6.07, 6.45) is 1.80. The van der Waals surface area contributed by atoms with Gasteiger partial charge in [-0.05, 0) is 23.8 Å². The zero-order valence-electron chi connectivity index (χ0n) is 16.9. The van der Waals surface area contributed by atoms with Crippen LogP contribution in [0.5, 0.6) is 0 Å². The minimum absolute atomic E-state index is 0.0562. The van der Waals surface area contributed by atoms with E-state index in [2.05, 4.69) is 31.4 Å². The van der Waals surface area contributed by atoms with E-state index in [0.29, 0.717) is 12.8 Å². The van der Waals surface area contributed by atoms with Crippen molar-refractivity contribution in [3.05, 3.63) is 35.9 Å². The van der Waals surface area contributed by atoms with Crippen LogP contribution in [0.15, 0.2) is 30.3 Å². The minimum atomic E-state index is -0.694. The largest absolute Gasteiger partial charge is 0.357 e. The van der Waals surface area contributed by atoms with Gasteiger partial charge in [-0.25, -0.2) is 0 Å². The molecule has 0 unspecified atom stereocenters. The maximum atomic E-state index is 13.5. The molecule has 3 amide bonds. The number of carbonyl (C=O) groups is 3. The van der Waals surface area contributed by atoms with Gasteiger partial charge < -0.3 is 15.5 Å². The van der Waals surface area contributed by atoms with Crippen LogP contribution in [-0.2, 0) is 20.8 Å². The molecule has 3 atom stereocenters. The van der Waals surface area contributed by atoms with Crippen molar-refractivity contribution in [2.24, 2.45) is 5.41 Å². The average molecular weight is 373 g/mol. The molecule has 1 aromatic carbocycles. The third kappa shape index (κ3) is 5.08. The smallest absolute Gasteiger partial charge is 0.246 e. The lowest BCUT2D eigenvalue weighted by atomic mass is 9.85. The Hall–Kier alpha value is -2.37. The molecule has 0 aromatic heterocycles. The zero-order chi connectivity index (χ0) is 20.2. The van der Waals surface area contributed by atoms with Gasteiger partial charge in [0, 0.05) is 26.4 Å². The molecule has 1 heterocycles. The third-order valence-corrected chi connectivity index (χ3v) is 5.15. The summed E-state index contributed by atoms with van der Waals surface area (Å²) in [6, 6.07) is 8.35. The Labute approximate surface area is 161 Å². The first-order valence-electron chi connectivity index (χ1n) is 9.50. The van der Waals surface area contributed by atoms with Gasteiger partial charge in [0.1, 0.15) is 12.1 Å². The highest BCUT2D eigenvalue weighted by Gasteiger charge is 2.46. The number of hydrogen-bond acceptors (Lipinski definition) is 3. The first-order valence-corrected chi connectivity index (χ1v) is 9.50. The number of carbonyl (C=O) groups excluding carboxylic acids is 3. The minimum Gasteiger partial charge on any atom is -0.357 e. The molecule has 1 aromatic rings. The molecule has 2 N–H and O–H groups in total. The summed E-state index contributed by atoms with van der Waals surface area (Å²) in [4.78, 5) is 39.4. The van der Waals surface area contributed by atoms with Gasteiger partial charge in [-0.2, -0.15) is 0 Å². The molecular weight excluding hydrogens is 342 g/mol. The molecule has 0 bridgehead atoms. The van der Waals surface area contributed by atoms with E-state index in [9.17, 15) is 14.4 Å². The first kappa shape index (κ1) is 20.9. The highest BCUT2D eigenvalue weighted by molar-refractivity contribution is 5.92. The predicted molar refractivity (Wildman–Crippen MR) is 105 cm³/mol. The van der Waals surface area contributed by atoms with E-state index in [1.165, 1.54) is 6.92 Å². The maximum Gasteiger partial charge on any atom is 0.246 e. The lowest BCUT2D eigenvalue weighted by molar-refractivity contribution is -0.145. The molecule has 0 saturated carbocycles. The van der Waals surface area contributed by atoms with E-state index in [1.54, 1.807) is 11.9 Å². The molecule has 1 saturated heterocycles. The number of hydrogen-bond donors (Lipinski definition) is 2. The van der Waals surface area contributed by atoms with Crippen molar-refractivity contribution in [3.8, 4) is 0 Å². The number of benzene rings is 1. The van der Waals surface area contributed by atoms with Crippen molar-refractivity contribution in [2.45, 2.75) is 65.1 Å². The van der Waals surface area contributed by atoms with Crippen molar-refractivity contribution in [1.29, 1.82) is 0 Å². The summed E-state index contributed by atoms with van der Waals surface area (Å²) in [5, 5.41) is 5.47. The normalized spacial score (nSPS) is 20.9. The molecule has 0 aliphatic carbocycles. The fraction of sp³-hybridized carbons (Fsp3) is 0.571. The number of likely N-dealkylation sites (tertiary alicyclic amines) is 1. The fourth-order valence-electron chi connectivity index (χ4n) is 3.87. The van der Waals surface area contributed by atoms with Crippen molar-refractivity contribution >= 4 is 17.7 Å². The van der Waals surface area contributed by atoms with Crippen LogP contribution in [0.2, 0.25) is 0 Å². The summed E-state index contributed by atoms with van der Waals surface area (Å²) in [5.74, 6) is -0.608. The molecule has 6 nitrogen and oxygen atoms in total. The highest BCUT2D eigenvalue weighted by Crippen LogP contribution is 2.36. The summed E-state index contributed by atoms with van der Waals surface area (Å²) < 4.78 is 0. The second-order valence-electron chi connectivity index (χ2n) is 8.28.